The van der Waals surface area contributed by atoms with Gasteiger partial charge in [-0.05, 0) is 48.9 Å². The highest BCUT2D eigenvalue weighted by molar-refractivity contribution is 5.85. The van der Waals surface area contributed by atoms with Crippen LogP contribution in [-0.2, 0) is 17.6 Å². The number of likely N-dealkylation sites (tertiary alicyclic amines) is 1. The van der Waals surface area contributed by atoms with Crippen molar-refractivity contribution in [3.8, 4) is 0 Å². The van der Waals surface area contributed by atoms with Crippen molar-refractivity contribution in [2.45, 2.75) is 38.1 Å². The number of hydrogen-bond donors (Lipinski definition) is 1. The monoisotopic (exact) mass is 344 g/mol. The molecule has 0 radical (unpaired) electrons. The third-order valence-electron chi connectivity index (χ3n) is 4.64. The molecule has 0 spiro atoms. The molecule has 2 aromatic carbocycles. The highest BCUT2D eigenvalue weighted by Crippen LogP contribution is 2.23. The first-order valence-corrected chi connectivity index (χ1v) is 8.40. The lowest BCUT2D eigenvalue weighted by atomic mass is 10.0. The number of carbonyl (C=O) groups excluding carboxylic acids is 1. The third-order valence-corrected chi connectivity index (χ3v) is 4.64. The van der Waals surface area contributed by atoms with Gasteiger partial charge >= 0.3 is 0 Å². The number of nitrogen functional groups attached to an aromatic ring is 1. The van der Waals surface area contributed by atoms with E-state index in [9.17, 15) is 4.79 Å². The molecule has 0 aromatic heterocycles. The molecule has 0 aliphatic carbocycles. The number of anilines is 1. The minimum atomic E-state index is 0. The lowest BCUT2D eigenvalue weighted by Gasteiger charge is -2.25. The molecule has 1 saturated heterocycles. The molecule has 4 heteroatoms. The Hall–Kier alpha value is -2.00. The number of nitrogens with zero attached hydrogens (tertiary/aromatic N) is 1. The summed E-state index contributed by atoms with van der Waals surface area (Å²) in [5.74, 6) is 0.241. The topological polar surface area (TPSA) is 46.3 Å². The van der Waals surface area contributed by atoms with Gasteiger partial charge in [-0.15, -0.1) is 12.4 Å². The number of hydrogen-bond acceptors (Lipinski definition) is 2. The number of nitrogens with two attached hydrogens (primary N) is 1. The van der Waals surface area contributed by atoms with Gasteiger partial charge in [-0.2, -0.15) is 0 Å². The quantitative estimate of drug-likeness (QED) is 0.837. The van der Waals surface area contributed by atoms with Gasteiger partial charge in [0.2, 0.25) is 5.91 Å². The lowest BCUT2D eigenvalue weighted by Crippen LogP contribution is -2.36. The summed E-state index contributed by atoms with van der Waals surface area (Å²) in [6, 6.07) is 18.5. The molecule has 2 N–H and O–H groups in total. The molecule has 1 atom stereocenters. The fourth-order valence-electron chi connectivity index (χ4n) is 3.35. The SMILES string of the molecule is Cl.Nc1ccc(CC(=O)N2CCCC2CCc2ccccc2)cc1. The Balaban J connectivity index is 0.00000208. The van der Waals surface area contributed by atoms with Crippen LogP contribution in [0.4, 0.5) is 5.69 Å². The fourth-order valence-corrected chi connectivity index (χ4v) is 3.35. The van der Waals surface area contributed by atoms with Gasteiger partial charge in [0.1, 0.15) is 0 Å². The molecule has 128 valence electrons. The number of aryl methyl sites for hydroxylation is 1. The van der Waals surface area contributed by atoms with Crippen LogP contribution in [-0.4, -0.2) is 23.4 Å². The standard InChI is InChI=1S/C20H24N2O.ClH/c21-18-11-8-17(9-12-18)15-20(23)22-14-4-7-19(22)13-10-16-5-2-1-3-6-16;/h1-3,5-6,8-9,11-12,19H,4,7,10,13-15,21H2;1H. The smallest absolute Gasteiger partial charge is 0.227 e. The molecule has 1 heterocycles. The van der Waals surface area contributed by atoms with E-state index in [2.05, 4.69) is 29.2 Å². The second-order valence-electron chi connectivity index (χ2n) is 6.33. The maximum atomic E-state index is 12.6. The predicted molar refractivity (Wildman–Crippen MR) is 101 cm³/mol. The molecule has 1 aliphatic rings. The van der Waals surface area contributed by atoms with E-state index in [1.54, 1.807) is 0 Å². The van der Waals surface area contributed by atoms with Crippen LogP contribution in [0.2, 0.25) is 0 Å². The fraction of sp³-hybridized carbons (Fsp3) is 0.350. The van der Waals surface area contributed by atoms with Crippen molar-refractivity contribution >= 4 is 24.0 Å². The third kappa shape index (κ3) is 4.75. The molecule has 3 nitrogen and oxygen atoms in total. The summed E-state index contributed by atoms with van der Waals surface area (Å²) < 4.78 is 0. The number of halogens is 1. The molecule has 0 bridgehead atoms. The van der Waals surface area contributed by atoms with E-state index in [1.807, 2.05) is 30.3 Å². The van der Waals surface area contributed by atoms with Gasteiger partial charge in [0.25, 0.3) is 0 Å². The molecule has 24 heavy (non-hydrogen) atoms. The Bertz CT molecular complexity index is 642. The van der Waals surface area contributed by atoms with Gasteiger partial charge in [0.15, 0.2) is 0 Å². The summed E-state index contributed by atoms with van der Waals surface area (Å²) in [6.07, 6.45) is 4.81. The Morgan fingerprint density at radius 1 is 1.04 bits per heavy atom. The Labute approximate surface area is 150 Å². The van der Waals surface area contributed by atoms with Crippen molar-refractivity contribution in [3.05, 3.63) is 65.7 Å². The summed E-state index contributed by atoms with van der Waals surface area (Å²) in [6.45, 7) is 0.896. The normalized spacial score (nSPS) is 16.7. The van der Waals surface area contributed by atoms with Crippen LogP contribution >= 0.6 is 12.4 Å². The Kier molecular flexibility index (Phi) is 6.68. The highest BCUT2D eigenvalue weighted by Gasteiger charge is 2.28. The summed E-state index contributed by atoms with van der Waals surface area (Å²) in [4.78, 5) is 14.7. The molecule has 1 amide bonds. The van der Waals surface area contributed by atoms with Crippen LogP contribution in [0.5, 0.6) is 0 Å². The van der Waals surface area contributed by atoms with E-state index in [-0.39, 0.29) is 18.3 Å². The van der Waals surface area contributed by atoms with Crippen LogP contribution in [0.1, 0.15) is 30.4 Å². The van der Waals surface area contributed by atoms with E-state index in [1.165, 1.54) is 5.56 Å². The molecule has 0 saturated carbocycles. The maximum Gasteiger partial charge on any atom is 0.227 e. The zero-order chi connectivity index (χ0) is 16.1. The number of carbonyl (C=O) groups is 1. The Morgan fingerprint density at radius 3 is 2.46 bits per heavy atom. The van der Waals surface area contributed by atoms with E-state index < -0.39 is 0 Å². The Morgan fingerprint density at radius 2 is 1.75 bits per heavy atom. The summed E-state index contributed by atoms with van der Waals surface area (Å²) in [5, 5.41) is 0. The zero-order valence-corrected chi connectivity index (χ0v) is 14.7. The van der Waals surface area contributed by atoms with Crippen LogP contribution in [0.25, 0.3) is 0 Å². The van der Waals surface area contributed by atoms with Gasteiger partial charge in [-0.1, -0.05) is 42.5 Å². The number of benzene rings is 2. The van der Waals surface area contributed by atoms with Crippen LogP contribution in [0, 0.1) is 0 Å². The van der Waals surface area contributed by atoms with Gasteiger partial charge in [-0.25, -0.2) is 0 Å². The van der Waals surface area contributed by atoms with Crippen LogP contribution < -0.4 is 5.73 Å². The van der Waals surface area contributed by atoms with E-state index in [0.717, 1.165) is 43.5 Å². The zero-order valence-electron chi connectivity index (χ0n) is 13.9. The lowest BCUT2D eigenvalue weighted by molar-refractivity contribution is -0.131. The first-order chi connectivity index (χ1) is 11.2. The molecular weight excluding hydrogens is 320 g/mol. The first kappa shape index (κ1) is 18.3. The van der Waals surface area contributed by atoms with Gasteiger partial charge in [0, 0.05) is 18.3 Å². The molecule has 2 aromatic rings. The largest absolute Gasteiger partial charge is 0.399 e. The summed E-state index contributed by atoms with van der Waals surface area (Å²) >= 11 is 0. The van der Waals surface area contributed by atoms with Crippen molar-refractivity contribution in [1.29, 1.82) is 0 Å². The predicted octanol–water partition coefficient (Wildman–Crippen LogP) is 3.86. The average molecular weight is 345 g/mol. The summed E-state index contributed by atoms with van der Waals surface area (Å²) in [5.41, 5.74) is 8.83. The molecule has 1 unspecified atom stereocenters. The molecule has 1 aliphatic heterocycles. The number of rotatable bonds is 5. The van der Waals surface area contributed by atoms with Crippen molar-refractivity contribution in [2.24, 2.45) is 0 Å². The molecule has 3 rings (SSSR count). The average Bonchev–Trinajstić information content (AvgIpc) is 3.05. The molecular formula is C20H25ClN2O. The van der Waals surface area contributed by atoms with Gasteiger partial charge in [-0.3, -0.25) is 4.79 Å². The van der Waals surface area contributed by atoms with E-state index in [4.69, 9.17) is 5.73 Å². The second-order valence-corrected chi connectivity index (χ2v) is 6.33. The number of amides is 1. The van der Waals surface area contributed by atoms with Crippen molar-refractivity contribution in [3.63, 3.8) is 0 Å². The van der Waals surface area contributed by atoms with Crippen molar-refractivity contribution in [2.75, 3.05) is 12.3 Å². The van der Waals surface area contributed by atoms with Crippen molar-refractivity contribution < 1.29 is 4.79 Å². The second kappa shape index (κ2) is 8.74. The van der Waals surface area contributed by atoms with Gasteiger partial charge < -0.3 is 10.6 Å². The summed E-state index contributed by atoms with van der Waals surface area (Å²) in [7, 11) is 0. The van der Waals surface area contributed by atoms with Gasteiger partial charge in [0.05, 0.1) is 6.42 Å². The minimum Gasteiger partial charge on any atom is -0.399 e. The van der Waals surface area contributed by atoms with Crippen molar-refractivity contribution in [1.82, 2.24) is 4.90 Å². The van der Waals surface area contributed by atoms with Crippen LogP contribution in [0.3, 0.4) is 0 Å². The molecule has 1 fully saturated rings. The highest BCUT2D eigenvalue weighted by atomic mass is 35.5. The van der Waals surface area contributed by atoms with Crippen LogP contribution in [0.15, 0.2) is 54.6 Å². The maximum absolute atomic E-state index is 12.6. The van der Waals surface area contributed by atoms with E-state index in [0.29, 0.717) is 12.5 Å². The van der Waals surface area contributed by atoms with E-state index >= 15 is 0 Å². The first-order valence-electron chi connectivity index (χ1n) is 8.40. The minimum absolute atomic E-state index is 0.